The number of benzene rings is 2. The van der Waals surface area contributed by atoms with Gasteiger partial charge in [0.1, 0.15) is 12.1 Å². The summed E-state index contributed by atoms with van der Waals surface area (Å²) in [5, 5.41) is 13.7. The molecular weight excluding hydrogens is 394 g/mol. The van der Waals surface area contributed by atoms with Gasteiger partial charge in [-0.1, -0.05) is 35.5 Å². The van der Waals surface area contributed by atoms with Gasteiger partial charge in [0.2, 0.25) is 0 Å². The van der Waals surface area contributed by atoms with Crippen LogP contribution >= 0.6 is 0 Å². The van der Waals surface area contributed by atoms with Crippen molar-refractivity contribution in [1.82, 2.24) is 29.4 Å². The summed E-state index contributed by atoms with van der Waals surface area (Å²) >= 11 is 0. The fourth-order valence-electron chi connectivity index (χ4n) is 3.23. The Morgan fingerprint density at radius 3 is 2.68 bits per heavy atom. The molecule has 2 aromatic carbocycles. The van der Waals surface area contributed by atoms with Crippen molar-refractivity contribution in [2.24, 2.45) is 5.16 Å². The zero-order chi connectivity index (χ0) is 21.0. The van der Waals surface area contributed by atoms with Crippen LogP contribution in [0.5, 0.6) is 5.75 Å². The summed E-state index contributed by atoms with van der Waals surface area (Å²) in [5.41, 5.74) is 3.50. The van der Waals surface area contributed by atoms with Crippen LogP contribution in [0.1, 0.15) is 17.0 Å². The van der Waals surface area contributed by atoms with E-state index in [1.807, 2.05) is 47.1 Å². The molecule has 0 saturated heterocycles. The van der Waals surface area contributed by atoms with Crippen LogP contribution < -0.4 is 4.74 Å². The first kappa shape index (κ1) is 18.7. The number of ether oxygens (including phenoxy) is 1. The first-order chi connectivity index (χ1) is 15.3. The molecule has 0 amide bonds. The van der Waals surface area contributed by atoms with Crippen LogP contribution in [0.3, 0.4) is 0 Å². The lowest BCUT2D eigenvalue weighted by atomic mass is 10.2. The van der Waals surface area contributed by atoms with Gasteiger partial charge in [0, 0.05) is 0 Å². The van der Waals surface area contributed by atoms with E-state index in [1.165, 1.54) is 0 Å². The monoisotopic (exact) mass is 413 g/mol. The van der Waals surface area contributed by atoms with Gasteiger partial charge in [-0.05, 0) is 35.4 Å². The minimum absolute atomic E-state index is 0.147. The maximum absolute atomic E-state index is 5.36. The van der Waals surface area contributed by atoms with E-state index >= 15 is 0 Å². The highest BCUT2D eigenvalue weighted by atomic mass is 16.6. The standard InChI is InChI=1S/C22H19N7O2/c1-30-18-9-7-16(8-10-18)11-25-31-14-20-26-22-19-12-24-28(13-17-5-3-2-4-6-17)21(19)23-15-29(22)27-20/h2-12,15H,13-14H2,1H3. The second-order valence-corrected chi connectivity index (χ2v) is 6.85. The molecule has 154 valence electrons. The molecule has 31 heavy (non-hydrogen) atoms. The molecule has 0 aliphatic carbocycles. The molecule has 0 saturated carbocycles. The van der Waals surface area contributed by atoms with E-state index in [0.29, 0.717) is 18.0 Å². The Hall–Kier alpha value is -4.27. The van der Waals surface area contributed by atoms with Crippen LogP contribution in [-0.4, -0.2) is 42.7 Å². The van der Waals surface area contributed by atoms with Crippen molar-refractivity contribution in [3.8, 4) is 5.75 Å². The Labute approximate surface area is 177 Å². The molecule has 0 N–H and O–H groups in total. The Kier molecular flexibility index (Phi) is 4.97. The smallest absolute Gasteiger partial charge is 0.192 e. The molecular formula is C22H19N7O2. The fraction of sp³-hybridized carbons (Fsp3) is 0.136. The van der Waals surface area contributed by atoms with E-state index in [9.17, 15) is 0 Å². The normalized spacial score (nSPS) is 11.5. The first-order valence-electron chi connectivity index (χ1n) is 9.69. The molecule has 5 rings (SSSR count). The van der Waals surface area contributed by atoms with Crippen LogP contribution in [0.4, 0.5) is 0 Å². The van der Waals surface area contributed by atoms with Gasteiger partial charge in [0.05, 0.1) is 31.5 Å². The molecule has 0 atom stereocenters. The summed E-state index contributed by atoms with van der Waals surface area (Å²) in [6.07, 6.45) is 5.03. The number of hydrogen-bond donors (Lipinski definition) is 0. The molecule has 0 spiro atoms. The average molecular weight is 413 g/mol. The minimum atomic E-state index is 0.147. The molecule has 9 heteroatoms. The van der Waals surface area contributed by atoms with Crippen molar-refractivity contribution in [3.05, 3.63) is 84.1 Å². The van der Waals surface area contributed by atoms with E-state index in [1.54, 1.807) is 30.4 Å². The number of methoxy groups -OCH3 is 1. The SMILES string of the molecule is COc1ccc(C=NOCc2nc3c4cnn(Cc5ccccc5)c4ncn3n2)cc1. The predicted molar refractivity (Wildman–Crippen MR) is 115 cm³/mol. The van der Waals surface area contributed by atoms with E-state index in [4.69, 9.17) is 9.57 Å². The molecule has 3 heterocycles. The van der Waals surface area contributed by atoms with Crippen molar-refractivity contribution in [2.45, 2.75) is 13.2 Å². The number of hydrogen-bond acceptors (Lipinski definition) is 7. The van der Waals surface area contributed by atoms with Crippen molar-refractivity contribution in [1.29, 1.82) is 0 Å². The second-order valence-electron chi connectivity index (χ2n) is 6.85. The third kappa shape index (κ3) is 3.93. The predicted octanol–water partition coefficient (Wildman–Crippen LogP) is 3.08. The molecule has 3 aromatic heterocycles. The van der Waals surface area contributed by atoms with Gasteiger partial charge in [-0.2, -0.15) is 5.10 Å². The van der Waals surface area contributed by atoms with Crippen LogP contribution in [0.25, 0.3) is 16.7 Å². The van der Waals surface area contributed by atoms with Gasteiger partial charge in [-0.15, -0.1) is 5.10 Å². The van der Waals surface area contributed by atoms with E-state index < -0.39 is 0 Å². The van der Waals surface area contributed by atoms with Crippen molar-refractivity contribution >= 4 is 22.9 Å². The Morgan fingerprint density at radius 1 is 1.03 bits per heavy atom. The zero-order valence-corrected chi connectivity index (χ0v) is 16.8. The molecule has 0 radical (unpaired) electrons. The summed E-state index contributed by atoms with van der Waals surface area (Å²) in [7, 11) is 1.63. The molecule has 0 bridgehead atoms. The fourth-order valence-corrected chi connectivity index (χ4v) is 3.23. The summed E-state index contributed by atoms with van der Waals surface area (Å²) < 4.78 is 8.62. The molecule has 0 aliphatic heterocycles. The number of fused-ring (bicyclic) bond motifs is 3. The minimum Gasteiger partial charge on any atom is -0.497 e. The first-order valence-corrected chi connectivity index (χ1v) is 9.69. The van der Waals surface area contributed by atoms with E-state index in [0.717, 1.165) is 27.9 Å². The number of aromatic nitrogens is 6. The quantitative estimate of drug-likeness (QED) is 0.301. The number of rotatable bonds is 7. The summed E-state index contributed by atoms with van der Waals surface area (Å²) in [6, 6.07) is 17.6. The zero-order valence-electron chi connectivity index (χ0n) is 16.8. The lowest BCUT2D eigenvalue weighted by Gasteiger charge is -2.02. The molecule has 5 aromatic rings. The van der Waals surface area contributed by atoms with Crippen molar-refractivity contribution in [3.63, 3.8) is 0 Å². The molecule has 0 fully saturated rings. The topological polar surface area (TPSA) is 91.7 Å². The number of oxime groups is 1. The maximum atomic E-state index is 5.36. The lowest BCUT2D eigenvalue weighted by molar-refractivity contribution is 0.126. The van der Waals surface area contributed by atoms with Crippen molar-refractivity contribution in [2.75, 3.05) is 7.11 Å². The van der Waals surface area contributed by atoms with Crippen LogP contribution in [-0.2, 0) is 18.0 Å². The van der Waals surface area contributed by atoms with Crippen LogP contribution in [0, 0.1) is 0 Å². The van der Waals surface area contributed by atoms with E-state index in [-0.39, 0.29) is 6.61 Å². The highest BCUT2D eigenvalue weighted by Crippen LogP contribution is 2.17. The summed E-state index contributed by atoms with van der Waals surface area (Å²) in [4.78, 5) is 14.4. The van der Waals surface area contributed by atoms with E-state index in [2.05, 4.69) is 37.5 Å². The van der Waals surface area contributed by atoms with Gasteiger partial charge in [-0.25, -0.2) is 19.2 Å². The van der Waals surface area contributed by atoms with Gasteiger partial charge in [-0.3, -0.25) is 0 Å². The number of nitrogens with zero attached hydrogens (tertiary/aromatic N) is 7. The van der Waals surface area contributed by atoms with Gasteiger partial charge < -0.3 is 9.57 Å². The largest absolute Gasteiger partial charge is 0.497 e. The van der Waals surface area contributed by atoms with Crippen LogP contribution in [0.2, 0.25) is 0 Å². The Balaban J connectivity index is 1.31. The molecule has 9 nitrogen and oxygen atoms in total. The summed E-state index contributed by atoms with van der Waals surface area (Å²) in [5.74, 6) is 1.30. The Morgan fingerprint density at radius 2 is 1.87 bits per heavy atom. The second kappa shape index (κ2) is 8.23. The van der Waals surface area contributed by atoms with Gasteiger partial charge in [0.25, 0.3) is 0 Å². The van der Waals surface area contributed by atoms with Crippen molar-refractivity contribution < 1.29 is 9.57 Å². The Bertz CT molecular complexity index is 1340. The van der Waals surface area contributed by atoms with Gasteiger partial charge in [0.15, 0.2) is 23.7 Å². The van der Waals surface area contributed by atoms with Crippen LogP contribution in [0.15, 0.2) is 72.3 Å². The third-order valence-electron chi connectivity index (χ3n) is 4.78. The average Bonchev–Trinajstić information content (AvgIpc) is 3.41. The molecule has 0 unspecified atom stereocenters. The maximum Gasteiger partial charge on any atom is 0.192 e. The summed E-state index contributed by atoms with van der Waals surface area (Å²) in [6.45, 7) is 0.783. The highest BCUT2D eigenvalue weighted by molar-refractivity contribution is 5.88. The highest BCUT2D eigenvalue weighted by Gasteiger charge is 2.13. The molecule has 0 aliphatic rings. The van der Waals surface area contributed by atoms with Gasteiger partial charge >= 0.3 is 0 Å². The lowest BCUT2D eigenvalue weighted by Crippen LogP contribution is -2.03. The third-order valence-corrected chi connectivity index (χ3v) is 4.78.